The van der Waals surface area contributed by atoms with E-state index in [1.807, 2.05) is 6.07 Å². The van der Waals surface area contributed by atoms with Gasteiger partial charge in [-0.15, -0.1) is 0 Å². The lowest BCUT2D eigenvalue weighted by molar-refractivity contribution is 0.601. The first-order valence-electron chi connectivity index (χ1n) is 5.61. The molecule has 0 saturated heterocycles. The summed E-state index contributed by atoms with van der Waals surface area (Å²) < 4.78 is 27.5. The summed E-state index contributed by atoms with van der Waals surface area (Å²) in [5, 5.41) is 9.14. The van der Waals surface area contributed by atoms with Gasteiger partial charge in [-0.3, -0.25) is 4.72 Å². The Morgan fingerprint density at radius 3 is 2.52 bits per heavy atom. The van der Waals surface area contributed by atoms with Crippen molar-refractivity contribution in [3.63, 3.8) is 0 Å². The molecule has 2 rings (SSSR count). The zero-order chi connectivity index (χ0) is 15.6. The van der Waals surface area contributed by atoms with Crippen LogP contribution in [0.15, 0.2) is 45.8 Å². The Labute approximate surface area is 135 Å². The molecule has 3 N–H and O–H groups in total. The van der Waals surface area contributed by atoms with E-state index in [0.29, 0.717) is 20.7 Å². The van der Waals surface area contributed by atoms with Gasteiger partial charge in [-0.1, -0.05) is 11.6 Å². The summed E-state index contributed by atoms with van der Waals surface area (Å²) in [6, 6.07) is 10.6. The van der Waals surface area contributed by atoms with Crippen LogP contribution in [0.2, 0.25) is 5.02 Å². The molecular weight excluding hydrogens is 378 g/mol. The maximum absolute atomic E-state index is 12.3. The fraction of sp³-hybridized carbons (Fsp3) is 0. The molecule has 8 heteroatoms. The highest BCUT2D eigenvalue weighted by Gasteiger charge is 2.19. The van der Waals surface area contributed by atoms with Crippen LogP contribution in [0.4, 0.5) is 11.4 Å². The highest BCUT2D eigenvalue weighted by atomic mass is 79.9. The van der Waals surface area contributed by atoms with E-state index in [0.717, 1.165) is 0 Å². The topological polar surface area (TPSA) is 96.0 Å². The van der Waals surface area contributed by atoms with E-state index in [1.54, 1.807) is 0 Å². The first-order chi connectivity index (χ1) is 9.83. The van der Waals surface area contributed by atoms with Gasteiger partial charge in [0.15, 0.2) is 0 Å². The van der Waals surface area contributed by atoms with Crippen molar-refractivity contribution in [1.82, 2.24) is 0 Å². The van der Waals surface area contributed by atoms with Crippen LogP contribution in [0.3, 0.4) is 0 Å². The van der Waals surface area contributed by atoms with Gasteiger partial charge < -0.3 is 5.73 Å². The van der Waals surface area contributed by atoms with E-state index < -0.39 is 10.0 Å². The zero-order valence-electron chi connectivity index (χ0n) is 10.5. The van der Waals surface area contributed by atoms with Gasteiger partial charge in [0.05, 0.1) is 23.0 Å². The van der Waals surface area contributed by atoms with Gasteiger partial charge >= 0.3 is 0 Å². The van der Waals surface area contributed by atoms with Gasteiger partial charge in [0.25, 0.3) is 10.0 Å². The third-order valence-corrected chi connectivity index (χ3v) is 4.93. The second-order valence-corrected chi connectivity index (χ2v) is 7.04. The number of nitrogen functional groups attached to an aromatic ring is 1. The summed E-state index contributed by atoms with van der Waals surface area (Å²) in [7, 11) is -3.85. The molecule has 0 aromatic heterocycles. The number of halogens is 2. The molecule has 0 aliphatic carbocycles. The van der Waals surface area contributed by atoms with E-state index in [9.17, 15) is 8.42 Å². The van der Waals surface area contributed by atoms with Crippen LogP contribution in [-0.2, 0) is 10.0 Å². The average Bonchev–Trinajstić information content (AvgIpc) is 2.40. The van der Waals surface area contributed by atoms with Crippen molar-refractivity contribution in [1.29, 1.82) is 5.26 Å². The minimum Gasteiger partial charge on any atom is -0.398 e. The van der Waals surface area contributed by atoms with Crippen molar-refractivity contribution in [2.24, 2.45) is 0 Å². The first kappa shape index (κ1) is 15.6. The van der Waals surface area contributed by atoms with Crippen LogP contribution in [0.1, 0.15) is 5.56 Å². The molecule has 0 saturated carbocycles. The number of anilines is 2. The van der Waals surface area contributed by atoms with Gasteiger partial charge in [-0.2, -0.15) is 5.26 Å². The lowest BCUT2D eigenvalue weighted by atomic mass is 10.2. The Balaban J connectivity index is 2.40. The quantitative estimate of drug-likeness (QED) is 0.791. The van der Waals surface area contributed by atoms with E-state index in [-0.39, 0.29) is 10.6 Å². The number of nitrogens with two attached hydrogens (primary N) is 1. The van der Waals surface area contributed by atoms with Gasteiger partial charge in [0.1, 0.15) is 4.90 Å². The lowest BCUT2D eigenvalue weighted by Gasteiger charge is -2.11. The molecule has 0 atom stereocenters. The van der Waals surface area contributed by atoms with E-state index >= 15 is 0 Å². The van der Waals surface area contributed by atoms with Crippen molar-refractivity contribution in [3.05, 3.63) is 51.5 Å². The van der Waals surface area contributed by atoms with Crippen LogP contribution >= 0.6 is 27.5 Å². The average molecular weight is 387 g/mol. The van der Waals surface area contributed by atoms with Crippen molar-refractivity contribution >= 4 is 48.9 Å². The SMILES string of the molecule is N#Cc1ccc(NS(=O)(=O)c2ccc(Cl)cc2N)c(Br)c1. The number of hydrogen-bond donors (Lipinski definition) is 2. The minimum absolute atomic E-state index is 0.0553. The second kappa shape index (κ2) is 5.93. The van der Waals surface area contributed by atoms with Gasteiger partial charge in [0, 0.05) is 9.50 Å². The first-order valence-corrected chi connectivity index (χ1v) is 8.26. The summed E-state index contributed by atoms with van der Waals surface area (Å²) >= 11 is 8.97. The van der Waals surface area contributed by atoms with Crippen LogP contribution < -0.4 is 10.5 Å². The van der Waals surface area contributed by atoms with Crippen LogP contribution in [0.25, 0.3) is 0 Å². The molecule has 2 aromatic rings. The van der Waals surface area contributed by atoms with Crippen molar-refractivity contribution in [2.75, 3.05) is 10.5 Å². The molecule has 0 spiro atoms. The van der Waals surface area contributed by atoms with Crippen molar-refractivity contribution in [2.45, 2.75) is 4.90 Å². The van der Waals surface area contributed by atoms with Gasteiger partial charge in [-0.05, 0) is 52.3 Å². The van der Waals surface area contributed by atoms with Crippen LogP contribution in [0.5, 0.6) is 0 Å². The summed E-state index contributed by atoms with van der Waals surface area (Å²) in [6.07, 6.45) is 0. The molecule has 0 fully saturated rings. The Morgan fingerprint density at radius 1 is 1.24 bits per heavy atom. The smallest absolute Gasteiger partial charge is 0.263 e. The monoisotopic (exact) mass is 385 g/mol. The fourth-order valence-electron chi connectivity index (χ4n) is 1.63. The summed E-state index contributed by atoms with van der Waals surface area (Å²) in [6.45, 7) is 0. The van der Waals surface area contributed by atoms with E-state index in [1.165, 1.54) is 36.4 Å². The summed E-state index contributed by atoms with van der Waals surface area (Å²) in [4.78, 5) is -0.0665. The standard InChI is InChI=1S/C13H9BrClN3O2S/c14-10-5-8(7-16)1-3-12(10)18-21(19,20)13-4-2-9(15)6-11(13)17/h1-6,18H,17H2. The predicted molar refractivity (Wildman–Crippen MR) is 85.5 cm³/mol. The number of rotatable bonds is 3. The third kappa shape index (κ3) is 3.47. The molecular formula is C13H9BrClN3O2S. The predicted octanol–water partition coefficient (Wildman–Crippen LogP) is 3.36. The minimum atomic E-state index is -3.85. The molecule has 21 heavy (non-hydrogen) atoms. The summed E-state index contributed by atoms with van der Waals surface area (Å²) in [5.74, 6) is 0. The van der Waals surface area contributed by atoms with Crippen LogP contribution in [-0.4, -0.2) is 8.42 Å². The number of sulfonamides is 1. The molecule has 0 unspecified atom stereocenters. The molecule has 0 aliphatic rings. The van der Waals surface area contributed by atoms with Crippen molar-refractivity contribution < 1.29 is 8.42 Å². The van der Waals surface area contributed by atoms with Gasteiger partial charge in [-0.25, -0.2) is 8.42 Å². The molecule has 0 aliphatic heterocycles. The largest absolute Gasteiger partial charge is 0.398 e. The number of benzene rings is 2. The van der Waals surface area contributed by atoms with E-state index in [4.69, 9.17) is 22.6 Å². The Bertz CT molecular complexity index is 847. The summed E-state index contributed by atoms with van der Waals surface area (Å²) in [5.41, 5.74) is 6.46. The number of nitrogens with one attached hydrogen (secondary N) is 1. The molecule has 108 valence electrons. The Kier molecular flexibility index (Phi) is 4.42. The molecule has 0 heterocycles. The maximum Gasteiger partial charge on any atom is 0.263 e. The molecule has 5 nitrogen and oxygen atoms in total. The molecule has 2 aromatic carbocycles. The van der Waals surface area contributed by atoms with Crippen LogP contribution in [0, 0.1) is 11.3 Å². The normalized spacial score (nSPS) is 10.9. The van der Waals surface area contributed by atoms with Gasteiger partial charge in [0.2, 0.25) is 0 Å². The highest BCUT2D eigenvalue weighted by Crippen LogP contribution is 2.28. The van der Waals surface area contributed by atoms with E-state index in [2.05, 4.69) is 20.7 Å². The molecule has 0 bridgehead atoms. The Hall–Kier alpha value is -1.75. The second-order valence-electron chi connectivity index (χ2n) is 4.09. The number of nitrogens with zero attached hydrogens (tertiary/aromatic N) is 1. The molecule has 0 radical (unpaired) electrons. The van der Waals surface area contributed by atoms with Crippen molar-refractivity contribution in [3.8, 4) is 6.07 Å². The number of hydrogen-bond acceptors (Lipinski definition) is 4. The maximum atomic E-state index is 12.3. The lowest BCUT2D eigenvalue weighted by Crippen LogP contribution is -2.15. The number of nitriles is 1. The Morgan fingerprint density at radius 2 is 1.95 bits per heavy atom. The third-order valence-electron chi connectivity index (χ3n) is 2.60. The molecule has 0 amide bonds. The fourth-order valence-corrected chi connectivity index (χ4v) is 3.61. The zero-order valence-corrected chi connectivity index (χ0v) is 13.6. The highest BCUT2D eigenvalue weighted by molar-refractivity contribution is 9.10.